The Labute approximate surface area is 124 Å². The molecule has 108 valence electrons. The maximum Gasteiger partial charge on any atom is 0.247 e. The summed E-state index contributed by atoms with van der Waals surface area (Å²) in [6.07, 6.45) is 0. The molecule has 1 saturated heterocycles. The van der Waals surface area contributed by atoms with Crippen molar-refractivity contribution in [2.45, 2.75) is 19.0 Å². The van der Waals surface area contributed by atoms with Crippen molar-refractivity contribution in [3.63, 3.8) is 0 Å². The molecule has 0 bridgehead atoms. The van der Waals surface area contributed by atoms with Crippen molar-refractivity contribution >= 4 is 11.6 Å². The number of carbonyl (C=O) groups excluding carboxylic acids is 1. The van der Waals surface area contributed by atoms with Crippen molar-refractivity contribution in [1.82, 2.24) is 0 Å². The SMILES string of the molecule is COc1cccc([C@@H]2[C@@H](N)C(=O)N2c2ccc(C)cc2)c1. The number of amides is 1. The Kier molecular flexibility index (Phi) is 3.39. The zero-order chi connectivity index (χ0) is 15.0. The topological polar surface area (TPSA) is 55.6 Å². The maximum absolute atomic E-state index is 12.2. The summed E-state index contributed by atoms with van der Waals surface area (Å²) in [6, 6.07) is 14.9. The molecular formula is C17H18N2O2. The van der Waals surface area contributed by atoms with Gasteiger partial charge in [0.15, 0.2) is 0 Å². The number of anilines is 1. The van der Waals surface area contributed by atoms with Gasteiger partial charge < -0.3 is 15.4 Å². The lowest BCUT2D eigenvalue weighted by molar-refractivity contribution is -0.126. The van der Waals surface area contributed by atoms with Crippen LogP contribution >= 0.6 is 0 Å². The number of carbonyl (C=O) groups is 1. The standard InChI is InChI=1S/C17H18N2O2/c1-11-6-8-13(9-7-11)19-16(15(18)17(19)20)12-4-3-5-14(10-12)21-2/h3-10,15-16H,18H2,1-2H3/t15-,16-/m1/s1. The van der Waals surface area contributed by atoms with Gasteiger partial charge in [0.2, 0.25) is 5.91 Å². The molecule has 2 N–H and O–H groups in total. The molecule has 1 heterocycles. The fraction of sp³-hybridized carbons (Fsp3) is 0.235. The summed E-state index contributed by atoms with van der Waals surface area (Å²) < 4.78 is 5.25. The number of nitrogens with two attached hydrogens (primary N) is 1. The monoisotopic (exact) mass is 282 g/mol. The van der Waals surface area contributed by atoms with Crippen LogP contribution in [0, 0.1) is 6.92 Å². The van der Waals surface area contributed by atoms with E-state index >= 15 is 0 Å². The number of benzene rings is 2. The average Bonchev–Trinajstić information content (AvgIpc) is 2.52. The molecule has 3 rings (SSSR count). The number of hydrogen-bond acceptors (Lipinski definition) is 3. The van der Waals surface area contributed by atoms with Gasteiger partial charge in [0.1, 0.15) is 11.8 Å². The molecule has 1 fully saturated rings. The number of aryl methyl sites for hydroxylation is 1. The highest BCUT2D eigenvalue weighted by Crippen LogP contribution is 2.38. The highest BCUT2D eigenvalue weighted by atomic mass is 16.5. The Balaban J connectivity index is 1.96. The fourth-order valence-corrected chi connectivity index (χ4v) is 2.69. The van der Waals surface area contributed by atoms with E-state index in [0.717, 1.165) is 22.6 Å². The number of β-lactam (4-membered cyclic amide) rings is 1. The smallest absolute Gasteiger partial charge is 0.247 e. The van der Waals surface area contributed by atoms with E-state index in [0.29, 0.717) is 0 Å². The lowest BCUT2D eigenvalue weighted by Gasteiger charge is -2.45. The molecule has 0 aliphatic carbocycles. The van der Waals surface area contributed by atoms with Crippen LogP contribution < -0.4 is 15.4 Å². The first kappa shape index (κ1) is 13.6. The zero-order valence-electron chi connectivity index (χ0n) is 12.1. The van der Waals surface area contributed by atoms with Crippen LogP contribution in [0.3, 0.4) is 0 Å². The fourth-order valence-electron chi connectivity index (χ4n) is 2.69. The lowest BCUT2D eigenvalue weighted by atomic mass is 9.88. The Morgan fingerprint density at radius 3 is 2.52 bits per heavy atom. The number of methoxy groups -OCH3 is 1. The maximum atomic E-state index is 12.2. The van der Waals surface area contributed by atoms with Crippen LogP contribution in [0.4, 0.5) is 5.69 Å². The van der Waals surface area contributed by atoms with Gasteiger partial charge in [-0.1, -0.05) is 29.8 Å². The van der Waals surface area contributed by atoms with Gasteiger partial charge in [0.05, 0.1) is 13.2 Å². The Morgan fingerprint density at radius 1 is 1.14 bits per heavy atom. The van der Waals surface area contributed by atoms with Crippen molar-refractivity contribution in [3.05, 3.63) is 59.7 Å². The molecule has 4 nitrogen and oxygen atoms in total. The van der Waals surface area contributed by atoms with Crippen LogP contribution in [-0.2, 0) is 4.79 Å². The molecule has 1 amide bonds. The minimum absolute atomic E-state index is 0.0494. The third-order valence-electron chi connectivity index (χ3n) is 3.89. The van der Waals surface area contributed by atoms with Gasteiger partial charge in [-0.15, -0.1) is 0 Å². The summed E-state index contributed by atoms with van der Waals surface area (Å²) in [4.78, 5) is 13.9. The first-order valence-electron chi connectivity index (χ1n) is 6.91. The van der Waals surface area contributed by atoms with Crippen molar-refractivity contribution in [1.29, 1.82) is 0 Å². The van der Waals surface area contributed by atoms with Crippen molar-refractivity contribution < 1.29 is 9.53 Å². The van der Waals surface area contributed by atoms with Crippen LogP contribution in [0.25, 0.3) is 0 Å². The second-order valence-electron chi connectivity index (χ2n) is 5.29. The van der Waals surface area contributed by atoms with Gasteiger partial charge in [-0.25, -0.2) is 0 Å². The minimum atomic E-state index is -0.501. The number of rotatable bonds is 3. The molecule has 1 aliphatic heterocycles. The first-order valence-corrected chi connectivity index (χ1v) is 6.91. The van der Waals surface area contributed by atoms with Gasteiger partial charge in [-0.3, -0.25) is 4.79 Å². The predicted octanol–water partition coefficient (Wildman–Crippen LogP) is 2.42. The molecule has 0 aromatic heterocycles. The van der Waals surface area contributed by atoms with Crippen LogP contribution in [0.1, 0.15) is 17.2 Å². The van der Waals surface area contributed by atoms with E-state index in [1.165, 1.54) is 0 Å². The average molecular weight is 282 g/mol. The second-order valence-corrected chi connectivity index (χ2v) is 5.29. The third-order valence-corrected chi connectivity index (χ3v) is 3.89. The third kappa shape index (κ3) is 2.28. The van der Waals surface area contributed by atoms with Gasteiger partial charge >= 0.3 is 0 Å². The molecular weight excluding hydrogens is 264 g/mol. The van der Waals surface area contributed by atoms with Crippen LogP contribution in [-0.4, -0.2) is 19.1 Å². The molecule has 21 heavy (non-hydrogen) atoms. The van der Waals surface area contributed by atoms with E-state index in [2.05, 4.69) is 0 Å². The first-order chi connectivity index (χ1) is 10.1. The Hall–Kier alpha value is -2.33. The Bertz CT molecular complexity index is 667. The van der Waals surface area contributed by atoms with Gasteiger partial charge in [0.25, 0.3) is 0 Å². The van der Waals surface area contributed by atoms with Gasteiger partial charge in [0, 0.05) is 5.69 Å². The van der Waals surface area contributed by atoms with E-state index in [4.69, 9.17) is 10.5 Å². The minimum Gasteiger partial charge on any atom is -0.497 e. The number of hydrogen-bond donors (Lipinski definition) is 1. The highest BCUT2D eigenvalue weighted by Gasteiger charge is 2.46. The van der Waals surface area contributed by atoms with Crippen LogP contribution in [0.15, 0.2) is 48.5 Å². The van der Waals surface area contributed by atoms with E-state index in [1.807, 2.05) is 55.5 Å². The summed E-state index contributed by atoms with van der Waals surface area (Å²) in [5.74, 6) is 0.717. The van der Waals surface area contributed by atoms with Gasteiger partial charge in [-0.05, 0) is 36.8 Å². The van der Waals surface area contributed by atoms with E-state index in [9.17, 15) is 4.79 Å². The summed E-state index contributed by atoms with van der Waals surface area (Å²) in [5.41, 5.74) is 9.04. The second kappa shape index (κ2) is 5.22. The van der Waals surface area contributed by atoms with Crippen molar-refractivity contribution in [2.75, 3.05) is 12.0 Å². The van der Waals surface area contributed by atoms with E-state index in [-0.39, 0.29) is 11.9 Å². The molecule has 0 saturated carbocycles. The summed E-state index contributed by atoms with van der Waals surface area (Å²) in [6.45, 7) is 2.02. The highest BCUT2D eigenvalue weighted by molar-refractivity contribution is 6.05. The van der Waals surface area contributed by atoms with Crippen molar-refractivity contribution in [3.8, 4) is 5.75 Å². The normalized spacial score (nSPS) is 21.1. The van der Waals surface area contributed by atoms with Crippen LogP contribution in [0.2, 0.25) is 0 Å². The molecule has 1 aliphatic rings. The van der Waals surface area contributed by atoms with Crippen LogP contribution in [0.5, 0.6) is 5.75 Å². The largest absolute Gasteiger partial charge is 0.497 e. The summed E-state index contributed by atoms with van der Waals surface area (Å²) in [5, 5.41) is 0. The summed E-state index contributed by atoms with van der Waals surface area (Å²) >= 11 is 0. The van der Waals surface area contributed by atoms with Gasteiger partial charge in [-0.2, -0.15) is 0 Å². The Morgan fingerprint density at radius 2 is 1.86 bits per heavy atom. The molecule has 2 aromatic carbocycles. The molecule has 2 atom stereocenters. The van der Waals surface area contributed by atoms with Crippen molar-refractivity contribution in [2.24, 2.45) is 5.73 Å². The van der Waals surface area contributed by atoms with E-state index in [1.54, 1.807) is 12.0 Å². The number of ether oxygens (including phenoxy) is 1. The zero-order valence-corrected chi connectivity index (χ0v) is 12.1. The molecule has 0 radical (unpaired) electrons. The molecule has 0 spiro atoms. The predicted molar refractivity (Wildman–Crippen MR) is 82.4 cm³/mol. The van der Waals surface area contributed by atoms with E-state index < -0.39 is 6.04 Å². The molecule has 2 aromatic rings. The molecule has 0 unspecified atom stereocenters. The quantitative estimate of drug-likeness (QED) is 0.880. The molecule has 4 heteroatoms. The lowest BCUT2D eigenvalue weighted by Crippen LogP contribution is -2.63. The number of nitrogens with zero attached hydrogens (tertiary/aromatic N) is 1. The summed E-state index contributed by atoms with van der Waals surface area (Å²) in [7, 11) is 1.63.